The van der Waals surface area contributed by atoms with E-state index in [4.69, 9.17) is 4.74 Å². The molecule has 3 unspecified atom stereocenters. The molecule has 110 valence electrons. The van der Waals surface area contributed by atoms with Crippen molar-refractivity contribution in [1.29, 1.82) is 0 Å². The van der Waals surface area contributed by atoms with E-state index in [1.165, 1.54) is 44.3 Å². The van der Waals surface area contributed by atoms with Crippen LogP contribution in [0.15, 0.2) is 22.7 Å². The molecule has 2 fully saturated rings. The first-order chi connectivity index (χ1) is 9.78. The summed E-state index contributed by atoms with van der Waals surface area (Å²) in [5.74, 6) is 1.66. The van der Waals surface area contributed by atoms with Gasteiger partial charge in [-0.05, 0) is 66.2 Å². The summed E-state index contributed by atoms with van der Waals surface area (Å²) in [5, 5.41) is 7.40. The molecule has 3 rings (SSSR count). The van der Waals surface area contributed by atoms with Crippen molar-refractivity contribution in [2.45, 2.75) is 44.2 Å². The monoisotopic (exact) mass is 338 g/mol. The van der Waals surface area contributed by atoms with E-state index in [9.17, 15) is 0 Å². The fourth-order valence-electron chi connectivity index (χ4n) is 3.69. The third kappa shape index (κ3) is 2.96. The zero-order chi connectivity index (χ0) is 13.9. The first kappa shape index (κ1) is 14.2. The minimum absolute atomic E-state index is 0.594. The van der Waals surface area contributed by atoms with Crippen molar-refractivity contribution in [3.8, 4) is 5.75 Å². The highest BCUT2D eigenvalue weighted by Gasteiger charge is 2.34. The van der Waals surface area contributed by atoms with E-state index < -0.39 is 0 Å². The van der Waals surface area contributed by atoms with Crippen LogP contribution in [0.25, 0.3) is 0 Å². The number of methoxy groups -OCH3 is 1. The highest BCUT2D eigenvalue weighted by molar-refractivity contribution is 9.10. The number of hydrogen-bond acceptors (Lipinski definition) is 3. The Bertz CT molecular complexity index is 460. The Hall–Kier alpha value is -0.740. The molecule has 0 spiro atoms. The third-order valence-corrected chi connectivity index (χ3v) is 5.34. The second-order valence-corrected chi connectivity index (χ2v) is 6.75. The molecule has 0 radical (unpaired) electrons. The smallest absolute Gasteiger partial charge is 0.135 e. The van der Waals surface area contributed by atoms with Crippen LogP contribution in [0, 0.1) is 5.92 Å². The van der Waals surface area contributed by atoms with E-state index >= 15 is 0 Å². The average molecular weight is 339 g/mol. The van der Waals surface area contributed by atoms with E-state index in [2.05, 4.69) is 44.8 Å². The molecule has 1 aromatic carbocycles. The molecule has 3 nitrogen and oxygen atoms in total. The van der Waals surface area contributed by atoms with Crippen molar-refractivity contribution in [3.63, 3.8) is 0 Å². The topological polar surface area (TPSA) is 33.3 Å². The Morgan fingerprint density at radius 3 is 2.90 bits per heavy atom. The Labute approximate surface area is 129 Å². The van der Waals surface area contributed by atoms with E-state index in [-0.39, 0.29) is 0 Å². The van der Waals surface area contributed by atoms with Gasteiger partial charge in [0.2, 0.25) is 0 Å². The van der Waals surface area contributed by atoms with Gasteiger partial charge in [-0.25, -0.2) is 0 Å². The summed E-state index contributed by atoms with van der Waals surface area (Å²) < 4.78 is 6.38. The predicted molar refractivity (Wildman–Crippen MR) is 86.5 cm³/mol. The summed E-state index contributed by atoms with van der Waals surface area (Å²) in [6, 6.07) is 7.58. The number of anilines is 1. The maximum atomic E-state index is 5.38. The number of hydrogen-bond donors (Lipinski definition) is 2. The van der Waals surface area contributed by atoms with Gasteiger partial charge in [0.1, 0.15) is 5.75 Å². The summed E-state index contributed by atoms with van der Waals surface area (Å²) in [7, 11) is 1.71. The molecule has 0 amide bonds. The molecule has 1 aromatic rings. The summed E-state index contributed by atoms with van der Waals surface area (Å²) in [4.78, 5) is 0. The Kier molecular flexibility index (Phi) is 4.51. The highest BCUT2D eigenvalue weighted by atomic mass is 79.9. The minimum atomic E-state index is 0.594. The second kappa shape index (κ2) is 6.35. The molecule has 1 heterocycles. The van der Waals surface area contributed by atoms with Crippen LogP contribution in [0.2, 0.25) is 0 Å². The van der Waals surface area contributed by atoms with Crippen molar-refractivity contribution < 1.29 is 4.74 Å². The van der Waals surface area contributed by atoms with Gasteiger partial charge in [-0.1, -0.05) is 6.42 Å². The first-order valence-electron chi connectivity index (χ1n) is 7.61. The zero-order valence-corrected chi connectivity index (χ0v) is 13.6. The van der Waals surface area contributed by atoms with Crippen LogP contribution in [-0.2, 0) is 0 Å². The van der Waals surface area contributed by atoms with Crippen LogP contribution in [-0.4, -0.2) is 25.7 Å². The molecule has 1 saturated heterocycles. The largest absolute Gasteiger partial charge is 0.495 e. The molecule has 1 saturated carbocycles. The average Bonchev–Trinajstić information content (AvgIpc) is 3.11. The fraction of sp³-hybridized carbons (Fsp3) is 0.625. The van der Waals surface area contributed by atoms with Crippen LogP contribution in [0.3, 0.4) is 0 Å². The maximum absolute atomic E-state index is 5.38. The summed E-state index contributed by atoms with van der Waals surface area (Å²) >= 11 is 3.51. The van der Waals surface area contributed by atoms with Gasteiger partial charge >= 0.3 is 0 Å². The van der Waals surface area contributed by atoms with E-state index in [0.29, 0.717) is 12.1 Å². The second-order valence-electron chi connectivity index (χ2n) is 5.90. The lowest BCUT2D eigenvalue weighted by molar-refractivity contribution is 0.376. The normalized spacial score (nSPS) is 29.6. The fourth-order valence-corrected chi connectivity index (χ4v) is 4.10. The molecule has 2 N–H and O–H groups in total. The number of nitrogens with one attached hydrogen (secondary N) is 2. The quantitative estimate of drug-likeness (QED) is 0.876. The van der Waals surface area contributed by atoms with Gasteiger partial charge < -0.3 is 15.4 Å². The lowest BCUT2D eigenvalue weighted by Crippen LogP contribution is -2.38. The standard InChI is InChI=1S/C16H23BrN2O/c1-20-16-10-11(7-8-13(16)17)19-15-5-2-4-12(15)14-6-3-9-18-14/h7-8,10,12,14-15,18-19H,2-6,9H2,1H3. The van der Waals surface area contributed by atoms with E-state index in [1.807, 2.05) is 0 Å². The number of ether oxygens (including phenoxy) is 1. The van der Waals surface area contributed by atoms with Crippen LogP contribution < -0.4 is 15.4 Å². The van der Waals surface area contributed by atoms with Gasteiger partial charge in [0.05, 0.1) is 11.6 Å². The number of halogens is 1. The number of rotatable bonds is 4. The lowest BCUT2D eigenvalue weighted by atomic mass is 9.93. The third-order valence-electron chi connectivity index (χ3n) is 4.69. The van der Waals surface area contributed by atoms with Crippen LogP contribution in [0.1, 0.15) is 32.1 Å². The van der Waals surface area contributed by atoms with Crippen molar-refractivity contribution >= 4 is 21.6 Å². The summed E-state index contributed by atoms with van der Waals surface area (Å²) in [6.45, 7) is 1.19. The van der Waals surface area contributed by atoms with Crippen LogP contribution in [0.5, 0.6) is 5.75 Å². The van der Waals surface area contributed by atoms with Crippen molar-refractivity contribution in [2.75, 3.05) is 19.0 Å². The maximum Gasteiger partial charge on any atom is 0.135 e. The minimum Gasteiger partial charge on any atom is -0.495 e. The van der Waals surface area contributed by atoms with E-state index in [0.717, 1.165) is 16.1 Å². The Balaban J connectivity index is 1.69. The predicted octanol–water partition coefficient (Wildman–Crippen LogP) is 3.79. The van der Waals surface area contributed by atoms with Gasteiger partial charge in [-0.3, -0.25) is 0 Å². The van der Waals surface area contributed by atoms with Crippen LogP contribution >= 0.6 is 15.9 Å². The molecule has 3 atom stereocenters. The van der Waals surface area contributed by atoms with Gasteiger partial charge in [-0.15, -0.1) is 0 Å². The van der Waals surface area contributed by atoms with E-state index in [1.54, 1.807) is 7.11 Å². The number of benzene rings is 1. The Morgan fingerprint density at radius 2 is 2.15 bits per heavy atom. The molecule has 2 aliphatic rings. The molecular formula is C16H23BrN2O. The van der Waals surface area contributed by atoms with Gasteiger partial charge in [0.15, 0.2) is 0 Å². The van der Waals surface area contributed by atoms with Gasteiger partial charge in [-0.2, -0.15) is 0 Å². The molecule has 20 heavy (non-hydrogen) atoms. The molecular weight excluding hydrogens is 316 g/mol. The van der Waals surface area contributed by atoms with Gasteiger partial charge in [0.25, 0.3) is 0 Å². The lowest BCUT2D eigenvalue weighted by Gasteiger charge is -2.27. The van der Waals surface area contributed by atoms with Crippen molar-refractivity contribution in [1.82, 2.24) is 5.32 Å². The summed E-state index contributed by atoms with van der Waals surface area (Å²) in [5.41, 5.74) is 1.17. The summed E-state index contributed by atoms with van der Waals surface area (Å²) in [6.07, 6.45) is 6.64. The SMILES string of the molecule is COc1cc(NC2CCCC2C2CCCN2)ccc1Br. The van der Waals surface area contributed by atoms with Crippen molar-refractivity contribution in [2.24, 2.45) is 5.92 Å². The van der Waals surface area contributed by atoms with Crippen molar-refractivity contribution in [3.05, 3.63) is 22.7 Å². The molecule has 0 aromatic heterocycles. The Morgan fingerprint density at radius 1 is 1.25 bits per heavy atom. The molecule has 4 heteroatoms. The molecule has 1 aliphatic heterocycles. The zero-order valence-electron chi connectivity index (χ0n) is 12.0. The molecule has 0 bridgehead atoms. The van der Waals surface area contributed by atoms with Crippen LogP contribution in [0.4, 0.5) is 5.69 Å². The molecule has 1 aliphatic carbocycles. The highest BCUT2D eigenvalue weighted by Crippen LogP contribution is 2.35. The van der Waals surface area contributed by atoms with Gasteiger partial charge in [0, 0.05) is 23.8 Å². The first-order valence-corrected chi connectivity index (χ1v) is 8.40.